The molecular formula is C47H64O9. The van der Waals surface area contributed by atoms with Crippen molar-refractivity contribution in [1.82, 2.24) is 0 Å². The second-order valence-corrected chi connectivity index (χ2v) is 17.8. The van der Waals surface area contributed by atoms with Crippen LogP contribution in [0.15, 0.2) is 83.5 Å². The van der Waals surface area contributed by atoms with E-state index in [2.05, 4.69) is 33.8 Å². The van der Waals surface area contributed by atoms with Crippen LogP contribution in [0.25, 0.3) is 0 Å². The van der Waals surface area contributed by atoms with Crippen LogP contribution in [0.4, 0.5) is 0 Å². The fourth-order valence-corrected chi connectivity index (χ4v) is 11.9. The Hall–Kier alpha value is -3.34. The Kier molecular flexibility index (Phi) is 13.3. The molecule has 0 heterocycles. The van der Waals surface area contributed by atoms with Crippen molar-refractivity contribution < 1.29 is 43.5 Å². The van der Waals surface area contributed by atoms with E-state index >= 15 is 0 Å². The number of esters is 2. The van der Waals surface area contributed by atoms with Crippen LogP contribution in [0.3, 0.4) is 0 Å². The number of allylic oxidation sites excluding steroid dienone is 2. The number of hydrogen-bond acceptors (Lipinski definition) is 9. The number of ether oxygens (including phenoxy) is 5. The summed E-state index contributed by atoms with van der Waals surface area (Å²) >= 11 is 0. The van der Waals surface area contributed by atoms with Crippen LogP contribution >= 0.6 is 0 Å². The van der Waals surface area contributed by atoms with Gasteiger partial charge in [-0.3, -0.25) is 4.79 Å². The van der Waals surface area contributed by atoms with E-state index < -0.39 is 41.1 Å². The van der Waals surface area contributed by atoms with E-state index in [1.54, 1.807) is 0 Å². The summed E-state index contributed by atoms with van der Waals surface area (Å²) in [7, 11) is 0. The van der Waals surface area contributed by atoms with Gasteiger partial charge in [0.15, 0.2) is 6.79 Å². The lowest BCUT2D eigenvalue weighted by molar-refractivity contribution is -0.292. The van der Waals surface area contributed by atoms with Gasteiger partial charge in [0.25, 0.3) is 0 Å². The molecule has 0 saturated heterocycles. The zero-order valence-corrected chi connectivity index (χ0v) is 34.5. The summed E-state index contributed by atoms with van der Waals surface area (Å²) in [6.45, 7) is 15.0. The lowest BCUT2D eigenvalue weighted by Gasteiger charge is -2.70. The third-order valence-electron chi connectivity index (χ3n) is 14.5. The summed E-state index contributed by atoms with van der Waals surface area (Å²) in [4.78, 5) is 26.8. The second-order valence-electron chi connectivity index (χ2n) is 17.8. The van der Waals surface area contributed by atoms with Gasteiger partial charge in [0.05, 0.1) is 31.5 Å². The minimum Gasteiger partial charge on any atom is -0.459 e. The second kappa shape index (κ2) is 17.7. The van der Waals surface area contributed by atoms with E-state index in [1.165, 1.54) is 6.92 Å². The van der Waals surface area contributed by atoms with E-state index in [4.69, 9.17) is 23.7 Å². The smallest absolute Gasteiger partial charge is 0.336 e. The number of rotatable bonds is 14. The maximum Gasteiger partial charge on any atom is 0.336 e. The van der Waals surface area contributed by atoms with Gasteiger partial charge < -0.3 is 33.9 Å². The van der Waals surface area contributed by atoms with Crippen molar-refractivity contribution in [1.29, 1.82) is 0 Å². The molecule has 9 nitrogen and oxygen atoms in total. The molecule has 4 aliphatic carbocycles. The number of fused-ring (bicyclic) bond motifs is 5. The number of benzene rings is 2. The van der Waals surface area contributed by atoms with Gasteiger partial charge in [-0.2, -0.15) is 0 Å². The highest BCUT2D eigenvalue weighted by molar-refractivity contribution is 5.90. The summed E-state index contributed by atoms with van der Waals surface area (Å²) < 4.78 is 30.0. The highest BCUT2D eigenvalue weighted by atomic mass is 16.7. The van der Waals surface area contributed by atoms with Gasteiger partial charge >= 0.3 is 11.9 Å². The minimum absolute atomic E-state index is 0.0201. The van der Waals surface area contributed by atoms with Crippen LogP contribution in [-0.2, 0) is 46.5 Å². The van der Waals surface area contributed by atoms with Gasteiger partial charge in [0.2, 0.25) is 0 Å². The largest absolute Gasteiger partial charge is 0.459 e. The SMILES string of the molecule is CC(=O)OC1C2C(C)C(OCOCc3ccccc3)CCC2(C)C2CCC3/C(=C(\CCC=C(C)C)C(=O)OCOCc4ccccc4)C(O)CC3(C)C2(C)C1O. The molecule has 4 aliphatic rings. The quantitative estimate of drug-likeness (QED) is 0.0641. The first-order valence-electron chi connectivity index (χ1n) is 20.6. The van der Waals surface area contributed by atoms with E-state index in [0.717, 1.165) is 48.0 Å². The summed E-state index contributed by atoms with van der Waals surface area (Å²) in [5.74, 6) is -1.18. The Morgan fingerprint density at radius 2 is 1.48 bits per heavy atom. The molecule has 306 valence electrons. The van der Waals surface area contributed by atoms with Crippen molar-refractivity contribution >= 4 is 11.9 Å². The molecule has 0 radical (unpaired) electrons. The first kappa shape index (κ1) is 42.3. The molecule has 0 spiro atoms. The molecule has 11 atom stereocenters. The molecule has 0 amide bonds. The number of carbonyl (C=O) groups excluding carboxylic acids is 2. The molecule has 0 aliphatic heterocycles. The highest BCUT2D eigenvalue weighted by Gasteiger charge is 2.74. The van der Waals surface area contributed by atoms with Gasteiger partial charge in [0.1, 0.15) is 12.9 Å². The van der Waals surface area contributed by atoms with Crippen molar-refractivity contribution in [2.45, 2.75) is 131 Å². The number of aliphatic hydroxyl groups is 2. The maximum absolute atomic E-state index is 14.0. The van der Waals surface area contributed by atoms with Crippen LogP contribution < -0.4 is 0 Å². The molecule has 4 saturated carbocycles. The molecular weight excluding hydrogens is 709 g/mol. The predicted octanol–water partition coefficient (Wildman–Crippen LogP) is 8.47. The van der Waals surface area contributed by atoms with Gasteiger partial charge in [-0.05, 0) is 104 Å². The van der Waals surface area contributed by atoms with Crippen molar-refractivity contribution in [3.8, 4) is 0 Å². The van der Waals surface area contributed by atoms with Crippen molar-refractivity contribution in [2.75, 3.05) is 13.6 Å². The number of carbonyl (C=O) groups is 2. The van der Waals surface area contributed by atoms with Gasteiger partial charge in [-0.1, -0.05) is 100 Å². The average molecular weight is 773 g/mol. The minimum atomic E-state index is -1.00. The Bertz CT molecular complexity index is 1720. The molecule has 2 N–H and O–H groups in total. The predicted molar refractivity (Wildman–Crippen MR) is 213 cm³/mol. The molecule has 2 aromatic carbocycles. The van der Waals surface area contributed by atoms with Crippen LogP contribution in [0, 0.1) is 39.9 Å². The zero-order valence-electron chi connectivity index (χ0n) is 34.5. The van der Waals surface area contributed by atoms with E-state index in [9.17, 15) is 19.8 Å². The first-order valence-corrected chi connectivity index (χ1v) is 20.6. The van der Waals surface area contributed by atoms with Gasteiger partial charge in [-0.15, -0.1) is 0 Å². The van der Waals surface area contributed by atoms with E-state index in [1.807, 2.05) is 74.5 Å². The van der Waals surface area contributed by atoms with Crippen molar-refractivity contribution in [2.24, 2.45) is 39.9 Å². The number of hydrogen-bond donors (Lipinski definition) is 2. The van der Waals surface area contributed by atoms with Crippen molar-refractivity contribution in [3.05, 3.63) is 94.6 Å². The Labute approximate surface area is 333 Å². The molecule has 56 heavy (non-hydrogen) atoms. The summed E-state index contributed by atoms with van der Waals surface area (Å²) in [5.41, 5.74) is 2.80. The molecule has 6 rings (SSSR count). The third kappa shape index (κ3) is 8.17. The van der Waals surface area contributed by atoms with Crippen LogP contribution in [0.5, 0.6) is 0 Å². The van der Waals surface area contributed by atoms with E-state index in [-0.39, 0.29) is 48.8 Å². The normalized spacial score (nSPS) is 35.7. The maximum atomic E-state index is 14.0. The van der Waals surface area contributed by atoms with Crippen LogP contribution in [-0.4, -0.2) is 60.2 Å². The van der Waals surface area contributed by atoms with E-state index in [0.29, 0.717) is 38.0 Å². The van der Waals surface area contributed by atoms with Crippen molar-refractivity contribution in [3.63, 3.8) is 0 Å². The zero-order chi connectivity index (χ0) is 40.3. The Morgan fingerprint density at radius 3 is 2.09 bits per heavy atom. The lowest BCUT2D eigenvalue weighted by Crippen LogP contribution is -2.72. The summed E-state index contributed by atoms with van der Waals surface area (Å²) in [6.07, 6.45) is 3.99. The van der Waals surface area contributed by atoms with Crippen LogP contribution in [0.1, 0.15) is 105 Å². The lowest BCUT2D eigenvalue weighted by atomic mass is 9.35. The molecule has 9 heteroatoms. The van der Waals surface area contributed by atoms with Gasteiger partial charge in [-0.25, -0.2) is 4.79 Å². The van der Waals surface area contributed by atoms with Crippen LogP contribution in [0.2, 0.25) is 0 Å². The first-order chi connectivity index (χ1) is 26.7. The summed E-state index contributed by atoms with van der Waals surface area (Å²) in [6, 6.07) is 19.7. The molecule has 0 bridgehead atoms. The highest BCUT2D eigenvalue weighted by Crippen LogP contribution is 2.74. The molecule has 0 aromatic heterocycles. The monoisotopic (exact) mass is 772 g/mol. The molecule has 4 fully saturated rings. The van der Waals surface area contributed by atoms with Gasteiger partial charge in [0, 0.05) is 23.8 Å². The number of aliphatic hydroxyl groups excluding tert-OH is 2. The average Bonchev–Trinajstić information content (AvgIpc) is 3.43. The third-order valence-corrected chi connectivity index (χ3v) is 14.5. The Morgan fingerprint density at radius 1 is 0.857 bits per heavy atom. The fourth-order valence-electron chi connectivity index (χ4n) is 11.9. The topological polar surface area (TPSA) is 121 Å². The standard InChI is InChI=1S/C47H64O9/c1-30(2)15-14-20-35(44(51)55-29-53-27-34-18-12-9-13-19-34)40-36-21-22-39-45(5)24-23-38(54-28-52-26-33-16-10-8-11-17-33)31(3)41(45)42(56-32(4)48)43(50)47(39,7)46(36,6)25-37(40)49/h8-13,15-19,31,36-39,41-43,49-50H,14,20-29H2,1-7H3/b40-35-. The molecule has 2 aromatic rings. The fraction of sp³-hybridized carbons (Fsp3) is 0.617. The Balaban J connectivity index is 1.27. The molecule has 11 unspecified atom stereocenters. The summed E-state index contributed by atoms with van der Waals surface area (Å²) in [5, 5.41) is 24.9.